The fourth-order valence-corrected chi connectivity index (χ4v) is 3.41. The number of aryl methyl sites for hydroxylation is 1. The zero-order chi connectivity index (χ0) is 16.4. The topological polar surface area (TPSA) is 58.4 Å². The van der Waals surface area contributed by atoms with Crippen molar-refractivity contribution in [2.75, 3.05) is 25.4 Å². The van der Waals surface area contributed by atoms with Crippen molar-refractivity contribution in [3.8, 4) is 17.2 Å². The molecule has 0 bridgehead atoms. The van der Waals surface area contributed by atoms with E-state index < -0.39 is 0 Å². The third kappa shape index (κ3) is 3.10. The molecule has 24 heavy (non-hydrogen) atoms. The van der Waals surface area contributed by atoms with Gasteiger partial charge in [0.1, 0.15) is 6.10 Å². The second-order valence-electron chi connectivity index (χ2n) is 5.93. The fraction of sp³-hybridized carbons (Fsp3) is 0.529. The van der Waals surface area contributed by atoms with Crippen molar-refractivity contribution in [2.45, 2.75) is 31.8 Å². The first-order valence-electron chi connectivity index (χ1n) is 8.31. The van der Waals surface area contributed by atoms with Crippen LogP contribution in [0.2, 0.25) is 0 Å². The van der Waals surface area contributed by atoms with Crippen LogP contribution in [0.1, 0.15) is 37.0 Å². The first-order chi connectivity index (χ1) is 11.8. The first kappa shape index (κ1) is 15.8. The number of aromatic nitrogens is 3. The average Bonchev–Trinajstić information content (AvgIpc) is 3.26. The largest absolute Gasteiger partial charge is 0.454 e. The summed E-state index contributed by atoms with van der Waals surface area (Å²) in [6.07, 6.45) is 6.25. The van der Waals surface area contributed by atoms with E-state index in [1.54, 1.807) is 11.8 Å². The van der Waals surface area contributed by atoms with E-state index in [1.165, 1.54) is 6.42 Å². The van der Waals surface area contributed by atoms with Crippen LogP contribution in [-0.2, 0) is 11.2 Å². The summed E-state index contributed by atoms with van der Waals surface area (Å²) in [5.74, 6) is 4.30. The summed E-state index contributed by atoms with van der Waals surface area (Å²) in [4.78, 5) is 4.78. The van der Waals surface area contributed by atoms with Crippen LogP contribution in [0.15, 0.2) is 18.2 Å². The molecule has 1 fully saturated rings. The van der Waals surface area contributed by atoms with E-state index in [0.29, 0.717) is 0 Å². The molecule has 0 saturated carbocycles. The van der Waals surface area contributed by atoms with E-state index in [4.69, 9.17) is 24.3 Å². The quantitative estimate of drug-likeness (QED) is 0.828. The number of fused-ring (bicyclic) bond motifs is 1. The Morgan fingerprint density at radius 2 is 2.17 bits per heavy atom. The lowest BCUT2D eigenvalue weighted by molar-refractivity contribution is 0.00817. The normalized spacial score (nSPS) is 19.6. The van der Waals surface area contributed by atoms with Gasteiger partial charge in [0.05, 0.1) is 5.69 Å². The Hall–Kier alpha value is -1.73. The third-order valence-electron chi connectivity index (χ3n) is 4.27. The summed E-state index contributed by atoms with van der Waals surface area (Å²) in [6, 6.07) is 5.88. The van der Waals surface area contributed by atoms with Crippen LogP contribution in [0.3, 0.4) is 0 Å². The Kier molecular flexibility index (Phi) is 4.62. The van der Waals surface area contributed by atoms with Crippen molar-refractivity contribution in [1.82, 2.24) is 14.8 Å². The summed E-state index contributed by atoms with van der Waals surface area (Å²) >= 11 is 1.80. The van der Waals surface area contributed by atoms with Gasteiger partial charge >= 0.3 is 0 Å². The molecule has 1 atom stereocenters. The molecule has 3 heterocycles. The van der Waals surface area contributed by atoms with Gasteiger partial charge in [0.15, 0.2) is 23.1 Å². The molecular weight excluding hydrogens is 326 g/mol. The van der Waals surface area contributed by atoms with Gasteiger partial charge in [0.2, 0.25) is 6.79 Å². The highest BCUT2D eigenvalue weighted by Crippen LogP contribution is 2.35. The minimum absolute atomic E-state index is 0.0136. The number of hydrogen-bond acceptors (Lipinski definition) is 6. The zero-order valence-corrected chi connectivity index (χ0v) is 14.6. The van der Waals surface area contributed by atoms with Crippen LogP contribution >= 0.6 is 11.8 Å². The molecule has 4 rings (SSSR count). The molecular formula is C17H21N3O3S. The summed E-state index contributed by atoms with van der Waals surface area (Å²) in [6.45, 7) is 1.06. The first-order valence-corrected chi connectivity index (χ1v) is 9.71. The lowest BCUT2D eigenvalue weighted by Crippen LogP contribution is -2.16. The number of thioether (sulfide) groups is 1. The molecule has 2 aliphatic rings. The maximum atomic E-state index is 5.95. The fourth-order valence-electron chi connectivity index (χ4n) is 3.03. The van der Waals surface area contributed by atoms with Gasteiger partial charge in [-0.1, -0.05) is 0 Å². The predicted octanol–water partition coefficient (Wildman–Crippen LogP) is 3.14. The maximum Gasteiger partial charge on any atom is 0.231 e. The molecule has 1 saturated heterocycles. The molecule has 6 nitrogen and oxygen atoms in total. The van der Waals surface area contributed by atoms with Crippen LogP contribution in [0.25, 0.3) is 5.69 Å². The molecule has 1 aromatic heterocycles. The Balaban J connectivity index is 1.70. The van der Waals surface area contributed by atoms with E-state index in [2.05, 4.69) is 6.26 Å². The molecule has 0 aliphatic carbocycles. The van der Waals surface area contributed by atoms with Gasteiger partial charge in [0.25, 0.3) is 0 Å². The number of hydrogen-bond donors (Lipinski definition) is 0. The van der Waals surface area contributed by atoms with Gasteiger partial charge in [-0.05, 0) is 37.7 Å². The summed E-state index contributed by atoms with van der Waals surface area (Å²) < 4.78 is 18.8. The standard InChI is InChI=1S/C17H21N3O3S/c1-24-9-7-16-18-17(14-4-2-3-8-21-14)20(19-16)12-5-6-13-15(10-12)23-11-22-13/h5-6,10,14H,2-4,7-9,11H2,1H3/t14-/m0/s1. The Bertz CT molecular complexity index is 713. The lowest BCUT2D eigenvalue weighted by atomic mass is 10.1. The summed E-state index contributed by atoms with van der Waals surface area (Å²) in [5, 5.41) is 4.73. The number of nitrogens with zero attached hydrogens (tertiary/aromatic N) is 3. The van der Waals surface area contributed by atoms with Gasteiger partial charge in [-0.3, -0.25) is 0 Å². The Labute approximate surface area is 145 Å². The van der Waals surface area contributed by atoms with Crippen molar-refractivity contribution in [3.63, 3.8) is 0 Å². The van der Waals surface area contributed by atoms with E-state index >= 15 is 0 Å². The van der Waals surface area contributed by atoms with E-state index in [-0.39, 0.29) is 12.9 Å². The van der Waals surface area contributed by atoms with Crippen molar-refractivity contribution in [3.05, 3.63) is 29.8 Å². The molecule has 2 aromatic rings. The maximum absolute atomic E-state index is 5.95. The van der Waals surface area contributed by atoms with E-state index in [9.17, 15) is 0 Å². The van der Waals surface area contributed by atoms with Crippen LogP contribution < -0.4 is 9.47 Å². The van der Waals surface area contributed by atoms with Crippen molar-refractivity contribution < 1.29 is 14.2 Å². The SMILES string of the molecule is CSCCc1nc([C@@H]2CCCCO2)n(-c2ccc3c(c2)OCO3)n1. The van der Waals surface area contributed by atoms with E-state index in [1.807, 2.05) is 22.9 Å². The number of rotatable bonds is 5. The molecule has 0 amide bonds. The predicted molar refractivity (Wildman–Crippen MR) is 92.1 cm³/mol. The second-order valence-corrected chi connectivity index (χ2v) is 6.92. The van der Waals surface area contributed by atoms with Gasteiger partial charge in [-0.2, -0.15) is 16.9 Å². The monoisotopic (exact) mass is 347 g/mol. The number of benzene rings is 1. The molecule has 1 aromatic carbocycles. The Morgan fingerprint density at radius 3 is 3.00 bits per heavy atom. The minimum Gasteiger partial charge on any atom is -0.454 e. The van der Waals surface area contributed by atoms with E-state index in [0.717, 1.165) is 60.5 Å². The molecule has 2 aliphatic heterocycles. The zero-order valence-electron chi connectivity index (χ0n) is 13.7. The second kappa shape index (κ2) is 7.03. The molecule has 0 unspecified atom stereocenters. The lowest BCUT2D eigenvalue weighted by Gasteiger charge is -2.22. The molecule has 128 valence electrons. The summed E-state index contributed by atoms with van der Waals surface area (Å²) in [5.41, 5.74) is 0.936. The minimum atomic E-state index is 0.0136. The Morgan fingerprint density at radius 1 is 1.25 bits per heavy atom. The molecule has 0 spiro atoms. The van der Waals surface area contributed by atoms with Gasteiger partial charge in [0, 0.05) is 24.8 Å². The van der Waals surface area contributed by atoms with Crippen LogP contribution in [0.5, 0.6) is 11.5 Å². The van der Waals surface area contributed by atoms with Crippen LogP contribution in [0.4, 0.5) is 0 Å². The highest BCUT2D eigenvalue weighted by atomic mass is 32.2. The highest BCUT2D eigenvalue weighted by Gasteiger charge is 2.25. The van der Waals surface area contributed by atoms with Gasteiger partial charge in [-0.25, -0.2) is 9.67 Å². The smallest absolute Gasteiger partial charge is 0.231 e. The van der Waals surface area contributed by atoms with Crippen molar-refractivity contribution in [1.29, 1.82) is 0 Å². The van der Waals surface area contributed by atoms with Crippen molar-refractivity contribution >= 4 is 11.8 Å². The molecule has 0 N–H and O–H groups in total. The summed E-state index contributed by atoms with van der Waals surface area (Å²) in [7, 11) is 0. The number of ether oxygens (including phenoxy) is 3. The highest BCUT2D eigenvalue weighted by molar-refractivity contribution is 7.98. The third-order valence-corrected chi connectivity index (χ3v) is 4.89. The average molecular weight is 347 g/mol. The van der Waals surface area contributed by atoms with Crippen LogP contribution in [-0.4, -0.2) is 40.2 Å². The van der Waals surface area contributed by atoms with Gasteiger partial charge < -0.3 is 14.2 Å². The molecule has 0 radical (unpaired) electrons. The van der Waals surface area contributed by atoms with Gasteiger partial charge in [-0.15, -0.1) is 0 Å². The van der Waals surface area contributed by atoms with Crippen LogP contribution in [0, 0.1) is 0 Å². The molecule has 7 heteroatoms. The van der Waals surface area contributed by atoms with Crippen molar-refractivity contribution in [2.24, 2.45) is 0 Å².